The molecule has 0 bridgehead atoms. The summed E-state index contributed by atoms with van der Waals surface area (Å²) in [6.07, 6.45) is -1.18. The molecule has 0 radical (unpaired) electrons. The summed E-state index contributed by atoms with van der Waals surface area (Å²) in [7, 11) is -1.83. The number of primary amides is 1. The number of carbonyl (C=O) groups is 1. The van der Waals surface area contributed by atoms with Crippen molar-refractivity contribution in [3.63, 3.8) is 0 Å². The summed E-state index contributed by atoms with van der Waals surface area (Å²) in [6.45, 7) is -0.356. The molecule has 2 atom stereocenters. The first-order valence-electron chi connectivity index (χ1n) is 8.83. The maximum Gasteiger partial charge on any atom is 0.238 e. The van der Waals surface area contributed by atoms with Gasteiger partial charge in [0, 0.05) is 26.9 Å². The van der Waals surface area contributed by atoms with Crippen molar-refractivity contribution in [3.05, 3.63) is 87.9 Å². The smallest absolute Gasteiger partial charge is 0.238 e. The number of rotatable bonds is 7. The molecule has 30 heavy (non-hydrogen) atoms. The van der Waals surface area contributed by atoms with Crippen LogP contribution in [0.3, 0.4) is 0 Å². The molecule has 3 rings (SSSR count). The molecule has 6 nitrogen and oxygen atoms in total. The molecular formula is C21H19Cl2N3O3S. The summed E-state index contributed by atoms with van der Waals surface area (Å²) < 4.78 is 14.6. The van der Waals surface area contributed by atoms with Crippen molar-refractivity contribution in [2.75, 3.05) is 16.6 Å². The molecule has 1 amide bonds. The van der Waals surface area contributed by atoms with Gasteiger partial charge < -0.3 is 16.6 Å². The van der Waals surface area contributed by atoms with E-state index in [1.165, 1.54) is 10.4 Å². The summed E-state index contributed by atoms with van der Waals surface area (Å²) >= 11 is 12.4. The van der Waals surface area contributed by atoms with E-state index in [4.69, 9.17) is 34.7 Å². The Morgan fingerprint density at radius 3 is 2.43 bits per heavy atom. The van der Waals surface area contributed by atoms with Crippen LogP contribution in [-0.4, -0.2) is 21.8 Å². The Kier molecular flexibility index (Phi) is 6.99. The monoisotopic (exact) mass is 463 g/mol. The van der Waals surface area contributed by atoms with Crippen molar-refractivity contribution in [1.29, 1.82) is 0 Å². The SMILES string of the molecule is NC(=O)CN(c1ccc(Cl)cc1C(O)c1ccccc1Cl)S(=O)c1cccc(N)c1. The van der Waals surface area contributed by atoms with Crippen LogP contribution in [-0.2, 0) is 15.8 Å². The third kappa shape index (κ3) is 4.94. The summed E-state index contributed by atoms with van der Waals surface area (Å²) in [5.41, 5.74) is 12.7. The van der Waals surface area contributed by atoms with Crippen molar-refractivity contribution in [1.82, 2.24) is 0 Å². The van der Waals surface area contributed by atoms with Crippen LogP contribution in [0.5, 0.6) is 0 Å². The fourth-order valence-corrected chi connectivity index (χ4v) is 4.66. The van der Waals surface area contributed by atoms with Gasteiger partial charge in [-0.3, -0.25) is 9.10 Å². The lowest BCUT2D eigenvalue weighted by molar-refractivity contribution is -0.116. The predicted octanol–water partition coefficient (Wildman–Crippen LogP) is 3.67. The third-order valence-electron chi connectivity index (χ3n) is 4.31. The number of halogens is 2. The van der Waals surface area contributed by atoms with Gasteiger partial charge in [0.05, 0.1) is 10.6 Å². The molecule has 3 aromatic carbocycles. The number of hydrogen-bond acceptors (Lipinski definition) is 4. The minimum absolute atomic E-state index is 0.325. The third-order valence-corrected chi connectivity index (χ3v) is 6.27. The quantitative estimate of drug-likeness (QED) is 0.464. The Morgan fingerprint density at radius 2 is 1.77 bits per heavy atom. The molecule has 0 aliphatic heterocycles. The minimum atomic E-state index is -1.83. The first-order chi connectivity index (χ1) is 14.3. The lowest BCUT2D eigenvalue weighted by Gasteiger charge is -2.27. The summed E-state index contributed by atoms with van der Waals surface area (Å²) in [6, 6.07) is 18.0. The summed E-state index contributed by atoms with van der Waals surface area (Å²) in [5, 5.41) is 11.8. The van der Waals surface area contributed by atoms with E-state index in [-0.39, 0.29) is 6.54 Å². The molecule has 156 valence electrons. The number of nitrogens with two attached hydrogens (primary N) is 2. The van der Waals surface area contributed by atoms with Crippen molar-refractivity contribution in [3.8, 4) is 0 Å². The number of nitrogen functional groups attached to an aromatic ring is 1. The van der Waals surface area contributed by atoms with E-state index in [0.717, 1.165) is 0 Å². The molecule has 0 saturated heterocycles. The number of nitrogens with zero attached hydrogens (tertiary/aromatic N) is 1. The molecule has 0 heterocycles. The van der Waals surface area contributed by atoms with Gasteiger partial charge in [-0.05, 0) is 42.5 Å². The van der Waals surface area contributed by atoms with Crippen molar-refractivity contribution < 1.29 is 14.1 Å². The van der Waals surface area contributed by atoms with E-state index >= 15 is 0 Å². The number of anilines is 2. The van der Waals surface area contributed by atoms with E-state index < -0.39 is 23.0 Å². The topological polar surface area (TPSA) is 110 Å². The van der Waals surface area contributed by atoms with Crippen molar-refractivity contribution in [2.45, 2.75) is 11.0 Å². The van der Waals surface area contributed by atoms with E-state index in [1.807, 2.05) is 0 Å². The Bertz CT molecular complexity index is 1110. The molecule has 0 aliphatic carbocycles. The average Bonchev–Trinajstić information content (AvgIpc) is 2.71. The first-order valence-corrected chi connectivity index (χ1v) is 10.7. The normalized spacial score (nSPS) is 12.9. The molecule has 0 aromatic heterocycles. The van der Waals surface area contributed by atoms with Gasteiger partial charge in [0.1, 0.15) is 12.6 Å². The van der Waals surface area contributed by atoms with Gasteiger partial charge in [0.2, 0.25) is 5.91 Å². The molecule has 0 fully saturated rings. The highest BCUT2D eigenvalue weighted by Crippen LogP contribution is 2.37. The molecule has 0 aliphatic rings. The van der Waals surface area contributed by atoms with Crippen LogP contribution in [0.2, 0.25) is 10.0 Å². The van der Waals surface area contributed by atoms with E-state index in [2.05, 4.69) is 0 Å². The van der Waals surface area contributed by atoms with E-state index in [1.54, 1.807) is 60.7 Å². The number of aliphatic hydroxyl groups excluding tert-OH is 1. The zero-order valence-corrected chi connectivity index (χ0v) is 18.0. The first kappa shape index (κ1) is 22.1. The van der Waals surface area contributed by atoms with Gasteiger partial charge in [-0.2, -0.15) is 0 Å². The van der Waals surface area contributed by atoms with Gasteiger partial charge in [-0.1, -0.05) is 47.5 Å². The largest absolute Gasteiger partial charge is 0.399 e. The minimum Gasteiger partial charge on any atom is -0.399 e. The lowest BCUT2D eigenvalue weighted by atomic mass is 9.99. The second-order valence-electron chi connectivity index (χ2n) is 6.45. The van der Waals surface area contributed by atoms with Crippen LogP contribution < -0.4 is 15.8 Å². The predicted molar refractivity (Wildman–Crippen MR) is 121 cm³/mol. The standard InChI is InChI=1S/C21H19Cl2N3O3S/c22-13-8-9-19(17(10-13)21(28)16-6-1-2-7-18(16)23)26(12-20(25)27)30(29)15-5-3-4-14(24)11-15/h1-11,21,28H,12,24H2,(H2,25,27). The Hall–Kier alpha value is -2.58. The van der Waals surface area contributed by atoms with Crippen LogP contribution in [0.25, 0.3) is 0 Å². The highest BCUT2D eigenvalue weighted by molar-refractivity contribution is 7.86. The molecule has 2 unspecified atom stereocenters. The highest BCUT2D eigenvalue weighted by Gasteiger charge is 2.26. The molecule has 5 N–H and O–H groups in total. The highest BCUT2D eigenvalue weighted by atomic mass is 35.5. The molecule has 0 saturated carbocycles. The summed E-state index contributed by atoms with van der Waals surface area (Å²) in [5.74, 6) is -0.694. The van der Waals surface area contributed by atoms with Crippen molar-refractivity contribution in [2.24, 2.45) is 5.73 Å². The lowest BCUT2D eigenvalue weighted by Crippen LogP contribution is -2.36. The number of benzene rings is 3. The second-order valence-corrected chi connectivity index (χ2v) is 8.71. The molecular weight excluding hydrogens is 445 g/mol. The summed E-state index contributed by atoms with van der Waals surface area (Å²) in [4.78, 5) is 12.1. The van der Waals surface area contributed by atoms with Gasteiger partial charge in [0.15, 0.2) is 11.0 Å². The Morgan fingerprint density at radius 1 is 1.03 bits per heavy atom. The van der Waals surface area contributed by atoms with E-state index in [0.29, 0.717) is 37.4 Å². The maximum absolute atomic E-state index is 13.3. The number of amides is 1. The maximum atomic E-state index is 13.3. The van der Waals surface area contributed by atoms with Gasteiger partial charge in [-0.15, -0.1) is 0 Å². The fraction of sp³-hybridized carbons (Fsp3) is 0.0952. The Labute approximate surface area is 186 Å². The molecule has 0 spiro atoms. The van der Waals surface area contributed by atoms with Crippen LogP contribution in [0, 0.1) is 0 Å². The molecule has 9 heteroatoms. The van der Waals surface area contributed by atoms with Gasteiger partial charge in [0.25, 0.3) is 0 Å². The number of aliphatic hydroxyl groups is 1. The fourth-order valence-electron chi connectivity index (χ4n) is 2.96. The van der Waals surface area contributed by atoms with Gasteiger partial charge in [-0.25, -0.2) is 4.21 Å². The zero-order chi connectivity index (χ0) is 21.8. The zero-order valence-electron chi connectivity index (χ0n) is 15.7. The van der Waals surface area contributed by atoms with Crippen LogP contribution in [0.1, 0.15) is 17.2 Å². The van der Waals surface area contributed by atoms with Crippen LogP contribution in [0.15, 0.2) is 71.6 Å². The second kappa shape index (κ2) is 9.49. The van der Waals surface area contributed by atoms with Crippen LogP contribution >= 0.6 is 23.2 Å². The van der Waals surface area contributed by atoms with Crippen LogP contribution in [0.4, 0.5) is 11.4 Å². The number of hydrogen-bond donors (Lipinski definition) is 3. The Balaban J connectivity index is 2.13. The van der Waals surface area contributed by atoms with E-state index in [9.17, 15) is 14.1 Å². The number of carbonyl (C=O) groups excluding carboxylic acids is 1. The molecule has 3 aromatic rings. The van der Waals surface area contributed by atoms with Gasteiger partial charge >= 0.3 is 0 Å². The average molecular weight is 464 g/mol. The van der Waals surface area contributed by atoms with Crippen molar-refractivity contribution >= 4 is 51.5 Å².